The van der Waals surface area contributed by atoms with E-state index in [1.165, 1.54) is 0 Å². The Labute approximate surface area is 656 Å². The van der Waals surface area contributed by atoms with Crippen LogP contribution in [0.25, 0.3) is 117 Å². The van der Waals surface area contributed by atoms with Crippen molar-refractivity contribution in [3.05, 3.63) is 210 Å². The zero-order valence-electron chi connectivity index (χ0n) is 64.1. The van der Waals surface area contributed by atoms with E-state index in [9.17, 15) is 28.8 Å². The van der Waals surface area contributed by atoms with E-state index in [0.717, 1.165) is 95.0 Å². The molecule has 8 amide bonds. The Morgan fingerprint density at radius 1 is 0.513 bits per heavy atom. The molecule has 0 spiro atoms. The summed E-state index contributed by atoms with van der Waals surface area (Å²) in [6.07, 6.45) is 23.2. The predicted molar refractivity (Wildman–Crippen MR) is 437 cm³/mol. The van der Waals surface area contributed by atoms with Gasteiger partial charge in [0.2, 0.25) is 35.6 Å². The number of aromatic nitrogens is 17. The summed E-state index contributed by atoms with van der Waals surface area (Å²) in [4.78, 5) is 121. The minimum atomic E-state index is -0.338. The topological polar surface area (TPSA) is 444 Å². The minimum absolute atomic E-state index is 0.0661. The average Bonchev–Trinajstić information content (AvgIpc) is 1.73. The summed E-state index contributed by atoms with van der Waals surface area (Å²) in [6, 6.07) is 29.1. The second-order valence-electron chi connectivity index (χ2n) is 26.2. The SMILES string of the molecule is CCNC(=O)Nc1nc2c(-c3ncc(CN(C)C)o3)cc(-c3cccnc3)cc2[nH]1.CCNC(=O)Nc1nc2c(-c3ncc(COC)o3)cc(-c3cccnc3)cc2[nH]1.CCNC(=O)Nc1nc2c(-n3cccn3)cc(-c3cc(C)n(C)c(=O)c3)cc2[nH]1.CCNC(=O)Nc1nc2c(-n3cccn3)cc(C3=CC(=O)CC=C3)cc2[nH]1. The van der Waals surface area contributed by atoms with Crippen LogP contribution in [0.4, 0.5) is 43.0 Å². The molecule has 0 saturated carbocycles. The standard InChI is InChI=1S/C21H23N7O2.C20H21N7O2.C20H20N6O3.C19H18N6O2/c1-4-23-21(29)27-20-25-17-9-14(13-6-5-7-22-10-13)8-16(18(17)26-20)19-24-11-15(30-19)12-28(2)3;1-4-21-20(29)25-19-23-15-9-14(13-8-12(2)26(3)17(28)11-13)10-16(18(15)24-19)27-7-5-6-22-27;1-3-22-20(27)26-19-24-16-8-13(12-5-4-6-21-9-12)7-15(17(16)25-19)18-23-10-14(29-18)11-28-2;1-2-20-19(27)24-18-22-15-10-13(12-5-3-6-14(26)9-12)11-16(17(15)23-18)25-8-4-7-21-25/h5-11H,4,12H2,1-3H3,(H3,23,25,26,27,29);5-11H,4H2,1-3H3,(H3,21,23,24,25,29);4-10H,3,11H2,1-2H3,(H3,22,24,25,26,27);3-5,7-11H,2,6H2,1H3,(H3,20,22,23,24,27). The fraction of sp³-hybridized carbons (Fsp3) is 0.200. The number of H-pyrrole nitrogens is 4. The molecule has 0 radical (unpaired) electrons. The summed E-state index contributed by atoms with van der Waals surface area (Å²) in [6.45, 7) is 12.3. The van der Waals surface area contributed by atoms with Crippen LogP contribution >= 0.6 is 0 Å². The average molecular weight is 1550 g/mol. The van der Waals surface area contributed by atoms with E-state index in [2.05, 4.69) is 113 Å². The first-order chi connectivity index (χ1) is 55.8. The molecule has 1 aliphatic carbocycles. The van der Waals surface area contributed by atoms with E-state index in [1.807, 2.05) is 169 Å². The lowest BCUT2D eigenvalue weighted by Crippen LogP contribution is -2.28. The van der Waals surface area contributed by atoms with Gasteiger partial charge in [0.1, 0.15) is 34.4 Å². The monoisotopic (exact) mass is 1550 g/mol. The van der Waals surface area contributed by atoms with E-state index in [-0.39, 0.29) is 35.5 Å². The molecular weight excluding hydrogens is 1470 g/mol. The first-order valence-corrected chi connectivity index (χ1v) is 36.6. The lowest BCUT2D eigenvalue weighted by Gasteiger charge is -2.10. The van der Waals surface area contributed by atoms with Gasteiger partial charge in [-0.3, -0.25) is 40.8 Å². The number of pyridine rings is 3. The number of aromatic amines is 4. The highest BCUT2D eigenvalue weighted by Gasteiger charge is 2.23. The molecule has 1 aliphatic rings. The van der Waals surface area contributed by atoms with Crippen molar-refractivity contribution < 1.29 is 37.5 Å². The number of amides is 8. The number of ketones is 1. The number of urea groups is 4. The van der Waals surface area contributed by atoms with Crippen molar-refractivity contribution in [1.29, 1.82) is 0 Å². The fourth-order valence-corrected chi connectivity index (χ4v) is 12.3. The van der Waals surface area contributed by atoms with Crippen molar-refractivity contribution in [2.45, 2.75) is 54.2 Å². The second-order valence-corrected chi connectivity index (χ2v) is 26.2. The summed E-state index contributed by atoms with van der Waals surface area (Å²) in [5, 5.41) is 30.1. The number of nitrogens with one attached hydrogen (secondary N) is 12. The number of hydrogen-bond donors (Lipinski definition) is 12. The summed E-state index contributed by atoms with van der Waals surface area (Å²) in [7, 11) is 7.28. The van der Waals surface area contributed by atoms with Gasteiger partial charge in [-0.05, 0) is 167 Å². The van der Waals surface area contributed by atoms with Crippen LogP contribution in [0.15, 0.2) is 191 Å². The van der Waals surface area contributed by atoms with Gasteiger partial charge in [-0.15, -0.1) is 0 Å². The first kappa shape index (κ1) is 78.1. The number of oxazole rings is 2. The molecule has 35 heteroatoms. The number of hydrogen-bond acceptors (Lipinski definition) is 20. The molecule has 15 aromatic rings. The number of ether oxygens (including phenoxy) is 1. The predicted octanol–water partition coefficient (Wildman–Crippen LogP) is 12.4. The Bertz CT molecular complexity index is 6110. The molecule has 35 nitrogen and oxygen atoms in total. The number of benzene rings is 4. The van der Waals surface area contributed by atoms with E-state index in [0.29, 0.717) is 115 Å². The first-order valence-electron chi connectivity index (χ1n) is 36.6. The van der Waals surface area contributed by atoms with Crippen molar-refractivity contribution in [2.24, 2.45) is 7.05 Å². The van der Waals surface area contributed by atoms with Gasteiger partial charge in [-0.2, -0.15) is 10.2 Å². The normalized spacial score (nSPS) is 11.7. The van der Waals surface area contributed by atoms with Crippen LogP contribution in [0, 0.1) is 6.92 Å². The van der Waals surface area contributed by atoms with Crippen molar-refractivity contribution >= 4 is 103 Å². The van der Waals surface area contributed by atoms with Crippen LogP contribution in [0.2, 0.25) is 0 Å². The smallest absolute Gasteiger partial charge is 0.321 e. The van der Waals surface area contributed by atoms with Gasteiger partial charge < -0.3 is 64.2 Å². The van der Waals surface area contributed by atoms with Crippen molar-refractivity contribution in [2.75, 3.05) is 68.7 Å². The summed E-state index contributed by atoms with van der Waals surface area (Å²) in [5.74, 6) is 3.67. The number of anilines is 4. The molecule has 0 saturated heterocycles. The third-order valence-electron chi connectivity index (χ3n) is 17.5. The number of carbonyl (C=O) groups excluding carboxylic acids is 5. The molecule has 12 N–H and O–H groups in total. The molecule has 0 unspecified atom stereocenters. The second kappa shape index (κ2) is 35.8. The number of rotatable bonds is 20. The van der Waals surface area contributed by atoms with E-state index in [4.69, 9.17) is 13.6 Å². The van der Waals surface area contributed by atoms with Crippen molar-refractivity contribution in [3.8, 4) is 67.7 Å². The summed E-state index contributed by atoms with van der Waals surface area (Å²) >= 11 is 0. The van der Waals surface area contributed by atoms with Gasteiger partial charge in [-0.1, -0.05) is 24.3 Å². The van der Waals surface area contributed by atoms with Gasteiger partial charge in [0.15, 0.2) is 11.5 Å². The molecule has 0 atom stereocenters. The fourth-order valence-electron chi connectivity index (χ4n) is 12.3. The van der Waals surface area contributed by atoms with Crippen LogP contribution < -0.4 is 48.1 Å². The van der Waals surface area contributed by atoms with Crippen molar-refractivity contribution in [3.63, 3.8) is 0 Å². The van der Waals surface area contributed by atoms with Crippen molar-refractivity contribution in [1.82, 2.24) is 110 Å². The van der Waals surface area contributed by atoms with E-state index < -0.39 is 0 Å². The zero-order chi connectivity index (χ0) is 80.7. The molecular formula is C80H82N26O9. The molecule has 115 heavy (non-hydrogen) atoms. The highest BCUT2D eigenvalue weighted by Crippen LogP contribution is 2.37. The van der Waals surface area contributed by atoms with Crippen LogP contribution in [-0.4, -0.2) is 166 Å². The molecule has 586 valence electrons. The van der Waals surface area contributed by atoms with Gasteiger partial charge in [0.25, 0.3) is 5.56 Å². The Morgan fingerprint density at radius 2 is 0.939 bits per heavy atom. The van der Waals surface area contributed by atoms with Gasteiger partial charge >= 0.3 is 24.1 Å². The van der Waals surface area contributed by atoms with Gasteiger partial charge in [-0.25, -0.2) is 58.4 Å². The summed E-state index contributed by atoms with van der Waals surface area (Å²) < 4.78 is 21.9. The molecule has 4 aromatic carbocycles. The Balaban J connectivity index is 0.000000134. The van der Waals surface area contributed by atoms with Gasteiger partial charge in [0.05, 0.1) is 63.5 Å². The number of imidazole rings is 4. The van der Waals surface area contributed by atoms with Crippen LogP contribution in [0.1, 0.15) is 56.9 Å². The lowest BCUT2D eigenvalue weighted by atomic mass is 9.98. The van der Waals surface area contributed by atoms with E-state index >= 15 is 0 Å². The maximum atomic E-state index is 12.3. The number of carbonyl (C=O) groups is 5. The molecule has 11 heterocycles. The number of fused-ring (bicyclic) bond motifs is 4. The van der Waals surface area contributed by atoms with E-state index in [1.54, 1.807) is 89.8 Å². The van der Waals surface area contributed by atoms with Crippen LogP contribution in [-0.2, 0) is 29.7 Å². The molecule has 0 bridgehead atoms. The van der Waals surface area contributed by atoms with Crippen LogP contribution in [0.5, 0.6) is 0 Å². The van der Waals surface area contributed by atoms with Gasteiger partial charge in [0, 0.05) is 119 Å². The molecule has 0 fully saturated rings. The molecule has 11 aromatic heterocycles. The maximum Gasteiger partial charge on any atom is 0.321 e. The summed E-state index contributed by atoms with van der Waals surface area (Å²) in [5.41, 5.74) is 16.3. The highest BCUT2D eigenvalue weighted by molar-refractivity contribution is 6.04. The lowest BCUT2D eigenvalue weighted by molar-refractivity contribution is -0.113. The highest BCUT2D eigenvalue weighted by atomic mass is 16.5. The number of allylic oxidation sites excluding steroid dienone is 4. The Kier molecular flexibility index (Phi) is 24.3. The zero-order valence-corrected chi connectivity index (χ0v) is 64.1. The molecule has 0 aliphatic heterocycles. The Hall–Kier alpha value is -15.0. The largest absolute Gasteiger partial charge is 0.440 e. The Morgan fingerprint density at radius 3 is 1.36 bits per heavy atom. The number of methoxy groups -OCH3 is 1. The third kappa shape index (κ3) is 18.9. The number of aryl methyl sites for hydroxylation is 1. The molecule has 16 rings (SSSR count). The quantitative estimate of drug-likeness (QED) is 0.0337. The maximum absolute atomic E-state index is 12.3. The van der Waals surface area contributed by atoms with Crippen LogP contribution in [0.3, 0.4) is 0 Å². The third-order valence-corrected chi connectivity index (χ3v) is 17.5. The number of nitrogens with zero attached hydrogens (tertiary/aromatic N) is 14. The minimum Gasteiger partial charge on any atom is -0.440 e.